The van der Waals surface area contributed by atoms with E-state index < -0.39 is 9.28 Å². The molecule has 0 unspecified atom stereocenters. The minimum Gasteiger partial charge on any atom is -0.394 e. The molecule has 0 saturated heterocycles. The van der Waals surface area contributed by atoms with Crippen LogP contribution in [0.25, 0.3) is 0 Å². The molecule has 0 aliphatic rings. The molecule has 0 amide bonds. The number of hydrogen-bond donors (Lipinski definition) is 1. The lowest BCUT2D eigenvalue weighted by atomic mass is 10.9. The van der Waals surface area contributed by atoms with Gasteiger partial charge in [0.15, 0.2) is 0 Å². The quantitative estimate of drug-likeness (QED) is 0.505. The molecule has 0 N–H and O–H groups in total. The summed E-state index contributed by atoms with van der Waals surface area (Å²) >= 11 is 3.94. The largest absolute Gasteiger partial charge is 0.394 e. The van der Waals surface area contributed by atoms with Crippen LogP contribution in [0.1, 0.15) is 13.8 Å². The van der Waals surface area contributed by atoms with E-state index in [0.717, 1.165) is 13.2 Å². The van der Waals surface area contributed by atoms with Crippen molar-refractivity contribution in [2.45, 2.75) is 13.8 Å². The van der Waals surface area contributed by atoms with Crippen molar-refractivity contribution in [2.75, 3.05) is 13.2 Å². The van der Waals surface area contributed by atoms with E-state index in [4.69, 9.17) is 8.85 Å². The van der Waals surface area contributed by atoms with Crippen LogP contribution < -0.4 is 0 Å². The second-order valence-electron chi connectivity index (χ2n) is 1.62. The lowest BCUT2D eigenvalue weighted by Crippen LogP contribution is -2.20. The molecule has 2 nitrogen and oxygen atoms in total. The number of thiol groups is 1. The minimum atomic E-state index is -1.49. The maximum atomic E-state index is 5.30. The van der Waals surface area contributed by atoms with Crippen molar-refractivity contribution in [3.05, 3.63) is 11.1 Å². The first kappa shape index (κ1) is 10.2. The van der Waals surface area contributed by atoms with Gasteiger partial charge < -0.3 is 8.85 Å². The first-order chi connectivity index (χ1) is 4.85. The van der Waals surface area contributed by atoms with Gasteiger partial charge in [-0.3, -0.25) is 0 Å². The first-order valence-corrected chi connectivity index (χ1v) is 5.51. The first-order valence-electron chi connectivity index (χ1n) is 3.39. The van der Waals surface area contributed by atoms with Gasteiger partial charge in [-0.25, -0.2) is 0 Å². The lowest BCUT2D eigenvalue weighted by molar-refractivity contribution is 0.224. The molecule has 60 valence electrons. The van der Waals surface area contributed by atoms with Gasteiger partial charge in [0, 0.05) is 13.2 Å². The smallest absolute Gasteiger partial charge is 0.348 e. The van der Waals surface area contributed by atoms with Gasteiger partial charge in [0.25, 0.3) is 0 Å². The normalized spacial score (nSPS) is 11.6. The Balaban J connectivity index is 3.50. The molecule has 0 saturated carbocycles. The van der Waals surface area contributed by atoms with E-state index >= 15 is 0 Å². The zero-order valence-electron chi connectivity index (χ0n) is 6.41. The summed E-state index contributed by atoms with van der Waals surface area (Å²) in [5.41, 5.74) is 1.90. The van der Waals surface area contributed by atoms with Crippen LogP contribution in [0.5, 0.6) is 0 Å². The summed E-state index contributed by atoms with van der Waals surface area (Å²) in [7, 11) is -1.49. The van der Waals surface area contributed by atoms with Gasteiger partial charge in [-0.05, 0) is 25.0 Å². The zero-order chi connectivity index (χ0) is 7.82. The highest BCUT2D eigenvalue weighted by atomic mass is 32.1. The molecule has 0 bridgehead atoms. The van der Waals surface area contributed by atoms with Gasteiger partial charge in [0.1, 0.15) is 0 Å². The molecule has 0 radical (unpaired) electrons. The highest BCUT2D eigenvalue weighted by Crippen LogP contribution is 1.92. The molecule has 0 aliphatic heterocycles. The Kier molecular flexibility index (Phi) is 7.50. The second-order valence-corrected chi connectivity index (χ2v) is 3.71. The fourth-order valence-corrected chi connectivity index (χ4v) is 2.10. The molecule has 0 aliphatic carbocycles. The van der Waals surface area contributed by atoms with Gasteiger partial charge >= 0.3 is 9.28 Å². The summed E-state index contributed by atoms with van der Waals surface area (Å²) in [5, 5.41) is 1.68. The Labute approximate surface area is 69.5 Å². The van der Waals surface area contributed by atoms with Gasteiger partial charge in [-0.1, -0.05) is 0 Å². The van der Waals surface area contributed by atoms with Crippen molar-refractivity contribution < 1.29 is 8.85 Å². The van der Waals surface area contributed by atoms with Gasteiger partial charge in [0.05, 0.1) is 0 Å². The second kappa shape index (κ2) is 7.34. The summed E-state index contributed by atoms with van der Waals surface area (Å²) in [5.74, 6) is 0. The van der Waals surface area contributed by atoms with Crippen molar-refractivity contribution in [3.63, 3.8) is 0 Å². The molecule has 0 atom stereocenters. The van der Waals surface area contributed by atoms with E-state index in [1.807, 2.05) is 19.5 Å². The predicted octanol–water partition coefficient (Wildman–Crippen LogP) is 1.26. The van der Waals surface area contributed by atoms with E-state index in [1.165, 1.54) is 0 Å². The van der Waals surface area contributed by atoms with E-state index in [0.29, 0.717) is 0 Å². The van der Waals surface area contributed by atoms with E-state index in [9.17, 15) is 0 Å². The minimum absolute atomic E-state index is 0.717. The van der Waals surface area contributed by atoms with Crippen molar-refractivity contribution in [3.8, 4) is 0 Å². The van der Waals surface area contributed by atoms with Crippen LogP contribution in [0.15, 0.2) is 11.1 Å². The lowest BCUT2D eigenvalue weighted by Gasteiger charge is -2.09. The molecule has 0 spiro atoms. The Hall–Kier alpha value is 0.227. The molecule has 10 heavy (non-hydrogen) atoms. The summed E-state index contributed by atoms with van der Waals surface area (Å²) in [4.78, 5) is 0. The van der Waals surface area contributed by atoms with Crippen molar-refractivity contribution >= 4 is 21.9 Å². The van der Waals surface area contributed by atoms with E-state index in [1.54, 1.807) is 5.41 Å². The molecule has 0 rings (SSSR count). The molecular formula is C6H14O2SSi. The maximum Gasteiger partial charge on any atom is 0.348 e. The standard InChI is InChI=1S/C6H14O2SSi/c1-3-7-10(6-5-9)8-4-2/h5-6,9-10H,3-4H2,1-2H3/b6-5-. The van der Waals surface area contributed by atoms with Crippen molar-refractivity contribution in [2.24, 2.45) is 0 Å². The van der Waals surface area contributed by atoms with Crippen molar-refractivity contribution in [1.29, 1.82) is 0 Å². The fraction of sp³-hybridized carbons (Fsp3) is 0.667. The van der Waals surface area contributed by atoms with E-state index in [2.05, 4.69) is 12.6 Å². The molecule has 0 fully saturated rings. The van der Waals surface area contributed by atoms with Crippen LogP contribution >= 0.6 is 12.6 Å². The van der Waals surface area contributed by atoms with Crippen LogP contribution in [0.4, 0.5) is 0 Å². The summed E-state index contributed by atoms with van der Waals surface area (Å²) < 4.78 is 10.6. The highest BCUT2D eigenvalue weighted by molar-refractivity contribution is 7.83. The highest BCUT2D eigenvalue weighted by Gasteiger charge is 2.04. The van der Waals surface area contributed by atoms with Crippen LogP contribution in [0.2, 0.25) is 0 Å². The topological polar surface area (TPSA) is 18.5 Å². The monoisotopic (exact) mass is 178 g/mol. The number of rotatable bonds is 5. The molecule has 4 heteroatoms. The zero-order valence-corrected chi connectivity index (χ0v) is 8.46. The summed E-state index contributed by atoms with van der Waals surface area (Å²) in [6.07, 6.45) is 0. The molecular weight excluding hydrogens is 164 g/mol. The van der Waals surface area contributed by atoms with Gasteiger partial charge in [-0.2, -0.15) is 12.6 Å². The van der Waals surface area contributed by atoms with Crippen LogP contribution in [-0.4, -0.2) is 22.5 Å². The van der Waals surface area contributed by atoms with Crippen LogP contribution in [-0.2, 0) is 8.85 Å². The maximum absolute atomic E-state index is 5.30. The van der Waals surface area contributed by atoms with E-state index in [-0.39, 0.29) is 0 Å². The average Bonchev–Trinajstić information content (AvgIpc) is 1.90. The van der Waals surface area contributed by atoms with Crippen molar-refractivity contribution in [1.82, 2.24) is 0 Å². The van der Waals surface area contributed by atoms with Gasteiger partial charge in [-0.15, -0.1) is 0 Å². The Morgan fingerprint density at radius 3 is 2.10 bits per heavy atom. The third kappa shape index (κ3) is 5.05. The van der Waals surface area contributed by atoms with Crippen LogP contribution in [0, 0.1) is 0 Å². The molecule has 0 aromatic heterocycles. The fourth-order valence-electron chi connectivity index (χ4n) is 0.558. The summed E-state index contributed by atoms with van der Waals surface area (Å²) in [6, 6.07) is 0. The van der Waals surface area contributed by atoms with Gasteiger partial charge in [0.2, 0.25) is 0 Å². The molecule has 0 aromatic rings. The third-order valence-electron chi connectivity index (χ3n) is 0.905. The summed E-state index contributed by atoms with van der Waals surface area (Å²) in [6.45, 7) is 5.36. The average molecular weight is 178 g/mol. The predicted molar refractivity (Wildman–Crippen MR) is 48.5 cm³/mol. The Morgan fingerprint density at radius 1 is 1.30 bits per heavy atom. The molecule has 0 heterocycles. The number of hydrogen-bond acceptors (Lipinski definition) is 3. The molecule has 0 aromatic carbocycles. The SMILES string of the molecule is CCO[SiH](/C=C\S)OCC. The Bertz CT molecular complexity index is 91.7. The Morgan fingerprint density at radius 2 is 1.80 bits per heavy atom. The van der Waals surface area contributed by atoms with Crippen LogP contribution in [0.3, 0.4) is 0 Å². The third-order valence-corrected chi connectivity index (χ3v) is 3.23.